The minimum atomic E-state index is -0.0696. The van der Waals surface area contributed by atoms with E-state index in [1.807, 2.05) is 23.1 Å². The van der Waals surface area contributed by atoms with Crippen LogP contribution in [-0.2, 0) is 4.79 Å². The fraction of sp³-hybridized carbons (Fsp3) is 0.467. The molecule has 1 fully saturated rings. The van der Waals surface area contributed by atoms with Gasteiger partial charge >= 0.3 is 0 Å². The van der Waals surface area contributed by atoms with Gasteiger partial charge in [-0.15, -0.1) is 12.4 Å². The van der Waals surface area contributed by atoms with E-state index in [-0.39, 0.29) is 30.3 Å². The second-order valence-corrected chi connectivity index (χ2v) is 4.79. The maximum atomic E-state index is 11.9. The maximum absolute atomic E-state index is 11.9. The molecular weight excluding hydrogens is 260 g/mol. The van der Waals surface area contributed by atoms with Crippen molar-refractivity contribution in [1.82, 2.24) is 4.90 Å². The molecule has 0 heterocycles. The van der Waals surface area contributed by atoms with Gasteiger partial charge in [0.05, 0.1) is 18.7 Å². The highest BCUT2D eigenvalue weighted by Crippen LogP contribution is 2.28. The molecule has 2 atom stereocenters. The van der Waals surface area contributed by atoms with E-state index < -0.39 is 0 Å². The molecule has 4 heteroatoms. The Balaban J connectivity index is 0.00000180. The highest BCUT2D eigenvalue weighted by Gasteiger charge is 2.33. The van der Waals surface area contributed by atoms with E-state index in [4.69, 9.17) is 5.26 Å². The van der Waals surface area contributed by atoms with E-state index in [1.165, 1.54) is 0 Å². The van der Waals surface area contributed by atoms with E-state index in [9.17, 15) is 4.79 Å². The molecule has 0 radical (unpaired) electrons. The Morgan fingerprint density at radius 3 is 2.63 bits per heavy atom. The molecule has 2 rings (SSSR count). The standard InChI is InChI=1S/C15H18N2O.ClH/c1-12(13-6-3-2-4-7-13)17(11-10-16)14-8-5-9-15(14)18;/h2-4,6-7,12,14H,5,8-9,11H2,1H3;1H/t12?,14-;/m1./s1. The van der Waals surface area contributed by atoms with Gasteiger partial charge in [0.2, 0.25) is 0 Å². The topological polar surface area (TPSA) is 44.1 Å². The monoisotopic (exact) mass is 278 g/mol. The number of carbonyl (C=O) groups excluding carboxylic acids is 1. The Labute approximate surface area is 120 Å². The van der Waals surface area contributed by atoms with Crippen molar-refractivity contribution in [3.05, 3.63) is 35.9 Å². The van der Waals surface area contributed by atoms with Crippen LogP contribution in [0.4, 0.5) is 0 Å². The number of hydrogen-bond donors (Lipinski definition) is 0. The van der Waals surface area contributed by atoms with Gasteiger partial charge in [0.1, 0.15) is 5.78 Å². The quantitative estimate of drug-likeness (QED) is 0.795. The molecule has 1 aliphatic rings. The van der Waals surface area contributed by atoms with Gasteiger partial charge in [-0.25, -0.2) is 0 Å². The smallest absolute Gasteiger partial charge is 0.150 e. The van der Waals surface area contributed by atoms with Crippen LogP contribution in [0.1, 0.15) is 37.8 Å². The van der Waals surface area contributed by atoms with Crippen LogP contribution in [-0.4, -0.2) is 23.3 Å². The number of nitrogens with zero attached hydrogens (tertiary/aromatic N) is 2. The number of ketones is 1. The van der Waals surface area contributed by atoms with E-state index >= 15 is 0 Å². The Kier molecular flexibility index (Phi) is 6.01. The van der Waals surface area contributed by atoms with Gasteiger partial charge in [-0.2, -0.15) is 5.26 Å². The van der Waals surface area contributed by atoms with Crippen molar-refractivity contribution in [1.29, 1.82) is 5.26 Å². The second-order valence-electron chi connectivity index (χ2n) is 4.79. The van der Waals surface area contributed by atoms with Gasteiger partial charge in [0, 0.05) is 12.5 Å². The largest absolute Gasteiger partial charge is 0.298 e. The number of halogens is 1. The Bertz CT molecular complexity index is 455. The first kappa shape index (κ1) is 15.7. The lowest BCUT2D eigenvalue weighted by Gasteiger charge is -2.31. The van der Waals surface area contributed by atoms with Crippen molar-refractivity contribution in [2.45, 2.75) is 38.3 Å². The molecule has 0 spiro atoms. The Morgan fingerprint density at radius 1 is 1.42 bits per heavy atom. The molecule has 1 aromatic carbocycles. The first-order valence-corrected chi connectivity index (χ1v) is 6.44. The van der Waals surface area contributed by atoms with Gasteiger partial charge in [-0.1, -0.05) is 30.3 Å². The molecule has 1 aromatic rings. The maximum Gasteiger partial charge on any atom is 0.150 e. The van der Waals surface area contributed by atoms with Gasteiger partial charge < -0.3 is 0 Å². The summed E-state index contributed by atoms with van der Waals surface area (Å²) in [6.45, 7) is 2.38. The predicted molar refractivity (Wildman–Crippen MR) is 77.1 cm³/mol. The zero-order valence-corrected chi connectivity index (χ0v) is 11.9. The Hall–Kier alpha value is -1.37. The average Bonchev–Trinajstić information content (AvgIpc) is 2.82. The summed E-state index contributed by atoms with van der Waals surface area (Å²) in [5.74, 6) is 0.285. The summed E-state index contributed by atoms with van der Waals surface area (Å²) in [5, 5.41) is 8.98. The van der Waals surface area contributed by atoms with E-state index in [1.54, 1.807) is 0 Å². The lowest BCUT2D eigenvalue weighted by atomic mass is 10.0. The van der Waals surface area contributed by atoms with Gasteiger partial charge in [0.25, 0.3) is 0 Å². The minimum absolute atomic E-state index is 0. The molecule has 1 unspecified atom stereocenters. The van der Waals surface area contributed by atoms with Crippen molar-refractivity contribution < 1.29 is 4.79 Å². The first-order chi connectivity index (χ1) is 8.74. The summed E-state index contributed by atoms with van der Waals surface area (Å²) < 4.78 is 0. The zero-order chi connectivity index (χ0) is 13.0. The van der Waals surface area contributed by atoms with Crippen LogP contribution in [0.25, 0.3) is 0 Å². The molecule has 0 aromatic heterocycles. The van der Waals surface area contributed by atoms with Crippen molar-refractivity contribution in [2.75, 3.05) is 6.54 Å². The molecule has 0 bridgehead atoms. The highest BCUT2D eigenvalue weighted by molar-refractivity contribution is 5.86. The molecule has 0 N–H and O–H groups in total. The fourth-order valence-corrected chi connectivity index (χ4v) is 2.67. The molecule has 0 saturated heterocycles. The van der Waals surface area contributed by atoms with Crippen molar-refractivity contribution in [3.8, 4) is 6.07 Å². The minimum Gasteiger partial charge on any atom is -0.298 e. The van der Waals surface area contributed by atoms with E-state index in [0.29, 0.717) is 13.0 Å². The van der Waals surface area contributed by atoms with E-state index in [0.717, 1.165) is 18.4 Å². The molecule has 3 nitrogen and oxygen atoms in total. The van der Waals surface area contributed by atoms with Gasteiger partial charge in [0.15, 0.2) is 0 Å². The van der Waals surface area contributed by atoms with Crippen LogP contribution < -0.4 is 0 Å². The van der Waals surface area contributed by atoms with Crippen LogP contribution in [0, 0.1) is 11.3 Å². The number of hydrogen-bond acceptors (Lipinski definition) is 3. The van der Waals surface area contributed by atoms with E-state index in [2.05, 4.69) is 25.1 Å². The summed E-state index contributed by atoms with van der Waals surface area (Å²) >= 11 is 0. The second kappa shape index (κ2) is 7.28. The number of Topliss-reactive ketones (excluding diaryl/α,β-unsaturated/α-hetero) is 1. The molecule has 0 aliphatic heterocycles. The van der Waals surface area contributed by atoms with Crippen LogP contribution >= 0.6 is 12.4 Å². The summed E-state index contributed by atoms with van der Waals surface area (Å²) in [5.41, 5.74) is 1.16. The average molecular weight is 279 g/mol. The van der Waals surface area contributed by atoms with Crippen molar-refractivity contribution in [2.24, 2.45) is 0 Å². The van der Waals surface area contributed by atoms with Crippen LogP contribution in [0.2, 0.25) is 0 Å². The third kappa shape index (κ3) is 3.56. The van der Waals surface area contributed by atoms with Crippen LogP contribution in [0.3, 0.4) is 0 Å². The Morgan fingerprint density at radius 2 is 2.11 bits per heavy atom. The molecule has 102 valence electrons. The molecule has 1 saturated carbocycles. The highest BCUT2D eigenvalue weighted by atomic mass is 35.5. The number of nitriles is 1. The number of rotatable bonds is 4. The van der Waals surface area contributed by atoms with Gasteiger partial charge in [-0.05, 0) is 25.3 Å². The van der Waals surface area contributed by atoms with Crippen molar-refractivity contribution >= 4 is 18.2 Å². The molecule has 19 heavy (non-hydrogen) atoms. The summed E-state index contributed by atoms with van der Waals surface area (Å²) in [4.78, 5) is 13.9. The lowest BCUT2D eigenvalue weighted by Crippen LogP contribution is -2.40. The third-order valence-corrected chi connectivity index (χ3v) is 3.71. The summed E-state index contributed by atoms with van der Waals surface area (Å²) in [7, 11) is 0. The van der Waals surface area contributed by atoms with Crippen molar-refractivity contribution in [3.63, 3.8) is 0 Å². The normalized spacial score (nSPS) is 19.8. The van der Waals surface area contributed by atoms with Crippen LogP contribution in [0.15, 0.2) is 30.3 Å². The molecule has 0 amide bonds. The summed E-state index contributed by atoms with van der Waals surface area (Å²) in [6.07, 6.45) is 2.50. The fourth-order valence-electron chi connectivity index (χ4n) is 2.67. The lowest BCUT2D eigenvalue weighted by molar-refractivity contribution is -0.122. The number of benzene rings is 1. The van der Waals surface area contributed by atoms with Gasteiger partial charge in [-0.3, -0.25) is 9.69 Å². The zero-order valence-electron chi connectivity index (χ0n) is 11.1. The summed E-state index contributed by atoms with van der Waals surface area (Å²) in [6, 6.07) is 12.3. The molecular formula is C15H19ClN2O. The SMILES string of the molecule is CC(c1ccccc1)N(CC#N)[C@@H]1CCCC1=O.Cl. The number of carbonyl (C=O) groups is 1. The predicted octanol–water partition coefficient (Wildman–Crippen LogP) is 3.12. The van der Waals surface area contributed by atoms with Crippen LogP contribution in [0.5, 0.6) is 0 Å². The first-order valence-electron chi connectivity index (χ1n) is 6.44. The molecule has 1 aliphatic carbocycles. The third-order valence-electron chi connectivity index (χ3n) is 3.71.